The molecule has 2 N–H and O–H groups in total. The summed E-state index contributed by atoms with van der Waals surface area (Å²) in [5.41, 5.74) is 0.207. The molecule has 0 bridgehead atoms. The fourth-order valence-electron chi connectivity index (χ4n) is 2.73. The van der Waals surface area contributed by atoms with Crippen LogP contribution in [0.5, 0.6) is 0 Å². The van der Waals surface area contributed by atoms with E-state index in [1.807, 2.05) is 30.3 Å². The van der Waals surface area contributed by atoms with Gasteiger partial charge in [-0.25, -0.2) is 8.78 Å². The topological polar surface area (TPSA) is 67.2 Å². The van der Waals surface area contributed by atoms with Gasteiger partial charge in [-0.3, -0.25) is 4.79 Å². The molecule has 3 aromatic rings. The molecule has 0 amide bonds. The largest absolute Gasteiger partial charge is 0.391 e. The number of aliphatic hydroxyl groups excluding tert-OH is 1. The van der Waals surface area contributed by atoms with E-state index in [2.05, 4.69) is 10.4 Å². The number of benzene rings is 2. The van der Waals surface area contributed by atoms with E-state index in [1.54, 1.807) is 6.92 Å². The van der Waals surface area contributed by atoms with Gasteiger partial charge in [0.2, 0.25) is 0 Å². The molecule has 3 rings (SSSR count). The summed E-state index contributed by atoms with van der Waals surface area (Å²) in [5, 5.41) is 17.1. The Kier molecular flexibility index (Phi) is 6.06. The number of rotatable bonds is 6. The van der Waals surface area contributed by atoms with E-state index in [0.29, 0.717) is 12.5 Å². The van der Waals surface area contributed by atoms with Gasteiger partial charge in [0, 0.05) is 18.5 Å². The lowest BCUT2D eigenvalue weighted by Gasteiger charge is -2.22. The Labute approximate surface area is 165 Å². The van der Waals surface area contributed by atoms with Crippen LogP contribution in [0.15, 0.2) is 59.5 Å². The van der Waals surface area contributed by atoms with Crippen molar-refractivity contribution in [2.24, 2.45) is 0 Å². The molecule has 1 heterocycles. The summed E-state index contributed by atoms with van der Waals surface area (Å²) >= 11 is 6.13. The van der Waals surface area contributed by atoms with Crippen molar-refractivity contribution in [1.82, 2.24) is 9.78 Å². The monoisotopic (exact) mass is 405 g/mol. The Balaban J connectivity index is 1.80. The molecule has 0 saturated carbocycles. The van der Waals surface area contributed by atoms with E-state index in [-0.39, 0.29) is 16.4 Å². The number of hydrogen-bond acceptors (Lipinski definition) is 4. The first-order valence-corrected chi connectivity index (χ1v) is 8.96. The van der Waals surface area contributed by atoms with Crippen LogP contribution in [0.1, 0.15) is 12.5 Å². The molecular formula is C20H18ClF2N3O2. The highest BCUT2D eigenvalue weighted by Crippen LogP contribution is 2.20. The Bertz CT molecular complexity index is 1030. The normalized spacial score (nSPS) is 13.2. The highest BCUT2D eigenvalue weighted by Gasteiger charge is 2.19. The molecule has 0 radical (unpaired) electrons. The molecule has 0 aliphatic carbocycles. The van der Waals surface area contributed by atoms with Crippen molar-refractivity contribution < 1.29 is 13.9 Å². The Morgan fingerprint density at radius 1 is 1.21 bits per heavy atom. The van der Waals surface area contributed by atoms with Crippen LogP contribution in [-0.2, 0) is 6.42 Å². The first-order valence-electron chi connectivity index (χ1n) is 8.58. The van der Waals surface area contributed by atoms with Crippen molar-refractivity contribution in [1.29, 1.82) is 0 Å². The smallest absolute Gasteiger partial charge is 0.292 e. The van der Waals surface area contributed by atoms with Crippen LogP contribution in [-0.4, -0.2) is 27.0 Å². The number of nitrogens with zero attached hydrogens (tertiary/aromatic N) is 2. The van der Waals surface area contributed by atoms with Crippen LogP contribution in [0.3, 0.4) is 0 Å². The molecule has 28 heavy (non-hydrogen) atoms. The number of aromatic nitrogens is 2. The van der Waals surface area contributed by atoms with Crippen LogP contribution in [0.25, 0.3) is 5.69 Å². The minimum Gasteiger partial charge on any atom is -0.391 e. The molecule has 0 aliphatic rings. The van der Waals surface area contributed by atoms with Crippen molar-refractivity contribution in [3.05, 3.63) is 87.3 Å². The van der Waals surface area contributed by atoms with E-state index in [4.69, 9.17) is 11.6 Å². The van der Waals surface area contributed by atoms with E-state index in [0.717, 1.165) is 22.4 Å². The van der Waals surface area contributed by atoms with Gasteiger partial charge >= 0.3 is 0 Å². The highest BCUT2D eigenvalue weighted by molar-refractivity contribution is 6.33. The third kappa shape index (κ3) is 4.37. The second-order valence-corrected chi connectivity index (χ2v) is 6.75. The third-order valence-corrected chi connectivity index (χ3v) is 4.67. The molecule has 0 spiro atoms. The zero-order chi connectivity index (χ0) is 20.3. The van der Waals surface area contributed by atoms with Gasteiger partial charge in [0.15, 0.2) is 5.82 Å². The molecule has 146 valence electrons. The summed E-state index contributed by atoms with van der Waals surface area (Å²) in [5.74, 6) is -1.70. The first kappa shape index (κ1) is 20.0. The molecule has 1 aromatic heterocycles. The second-order valence-electron chi connectivity index (χ2n) is 6.37. The second kappa shape index (κ2) is 8.50. The summed E-state index contributed by atoms with van der Waals surface area (Å²) < 4.78 is 27.8. The predicted molar refractivity (Wildman–Crippen MR) is 104 cm³/mol. The number of aliphatic hydroxyl groups is 1. The molecule has 0 saturated heterocycles. The zero-order valence-electron chi connectivity index (χ0n) is 14.9. The fourth-order valence-corrected chi connectivity index (χ4v) is 2.92. The van der Waals surface area contributed by atoms with Crippen LogP contribution in [0.2, 0.25) is 5.02 Å². The van der Waals surface area contributed by atoms with E-state index >= 15 is 0 Å². The maximum Gasteiger partial charge on any atom is 0.292 e. The predicted octanol–water partition coefficient (Wildman–Crippen LogP) is 3.57. The first-order chi connectivity index (χ1) is 13.4. The fraction of sp³-hybridized carbons (Fsp3) is 0.200. The van der Waals surface area contributed by atoms with Gasteiger partial charge in [0.05, 0.1) is 18.0 Å². The van der Waals surface area contributed by atoms with Gasteiger partial charge in [-0.05, 0) is 24.6 Å². The molecule has 0 fully saturated rings. The summed E-state index contributed by atoms with van der Waals surface area (Å²) in [6.45, 7) is 1.75. The minimum absolute atomic E-state index is 0.211. The summed E-state index contributed by atoms with van der Waals surface area (Å²) in [4.78, 5) is 12.5. The van der Waals surface area contributed by atoms with Crippen molar-refractivity contribution in [3.63, 3.8) is 0 Å². The minimum atomic E-state index is -0.932. The van der Waals surface area contributed by atoms with E-state index in [9.17, 15) is 18.7 Å². The van der Waals surface area contributed by atoms with Gasteiger partial charge in [-0.1, -0.05) is 41.9 Å². The Morgan fingerprint density at radius 3 is 2.61 bits per heavy atom. The molecule has 0 aliphatic heterocycles. The van der Waals surface area contributed by atoms with Gasteiger partial charge in [-0.15, -0.1) is 0 Å². The van der Waals surface area contributed by atoms with Gasteiger partial charge in [-0.2, -0.15) is 9.78 Å². The maximum absolute atomic E-state index is 13.9. The maximum atomic E-state index is 13.9. The number of halogens is 3. The Hall–Kier alpha value is -2.77. The zero-order valence-corrected chi connectivity index (χ0v) is 15.7. The lowest BCUT2D eigenvalue weighted by Crippen LogP contribution is -2.33. The van der Waals surface area contributed by atoms with Crippen molar-refractivity contribution in [3.8, 4) is 5.69 Å². The number of hydrogen-bond donors (Lipinski definition) is 2. The van der Waals surface area contributed by atoms with Crippen molar-refractivity contribution in [2.45, 2.75) is 25.5 Å². The average Bonchev–Trinajstić information content (AvgIpc) is 2.67. The van der Waals surface area contributed by atoms with Gasteiger partial charge in [0.1, 0.15) is 16.5 Å². The van der Waals surface area contributed by atoms with E-state index in [1.165, 1.54) is 6.20 Å². The van der Waals surface area contributed by atoms with Crippen molar-refractivity contribution >= 4 is 17.3 Å². The molecule has 2 unspecified atom stereocenters. The molecule has 2 aromatic carbocycles. The number of anilines is 1. The quantitative estimate of drug-likeness (QED) is 0.658. The summed E-state index contributed by atoms with van der Waals surface area (Å²) in [6, 6.07) is 11.8. The molecule has 2 atom stereocenters. The van der Waals surface area contributed by atoms with Crippen molar-refractivity contribution in [2.75, 3.05) is 5.32 Å². The molecule has 5 nitrogen and oxygen atoms in total. The lowest BCUT2D eigenvalue weighted by molar-refractivity contribution is 0.158. The Morgan fingerprint density at radius 2 is 1.93 bits per heavy atom. The molecular weight excluding hydrogens is 388 g/mol. The van der Waals surface area contributed by atoms with E-state index < -0.39 is 29.3 Å². The molecule has 8 heteroatoms. The summed E-state index contributed by atoms with van der Waals surface area (Å²) in [6.07, 6.45) is 0.936. The van der Waals surface area contributed by atoms with Crippen LogP contribution >= 0.6 is 11.6 Å². The third-order valence-electron chi connectivity index (χ3n) is 4.30. The van der Waals surface area contributed by atoms with Crippen LogP contribution < -0.4 is 10.9 Å². The lowest BCUT2D eigenvalue weighted by atomic mass is 10.0. The number of nitrogens with one attached hydrogen (secondary N) is 1. The van der Waals surface area contributed by atoms with Crippen LogP contribution in [0.4, 0.5) is 14.5 Å². The highest BCUT2D eigenvalue weighted by atomic mass is 35.5. The summed E-state index contributed by atoms with van der Waals surface area (Å²) in [7, 11) is 0. The standard InChI is InChI=1S/C20H18ClF2N3O2/c1-12(18(27)9-13-5-3-2-4-6-13)25-16-11-24-26(20(28)19(16)21)17-8-7-14(22)10-15(17)23/h2-8,10-12,18,25,27H,9H2,1H3. The van der Waals surface area contributed by atoms with Gasteiger partial charge in [0.25, 0.3) is 5.56 Å². The van der Waals surface area contributed by atoms with Gasteiger partial charge < -0.3 is 10.4 Å². The SMILES string of the molecule is CC(Nc1cnn(-c2ccc(F)cc2F)c(=O)c1Cl)C(O)Cc1ccccc1. The van der Waals surface area contributed by atoms with Crippen LogP contribution in [0, 0.1) is 11.6 Å². The average molecular weight is 406 g/mol.